The van der Waals surface area contributed by atoms with E-state index in [9.17, 15) is 24.0 Å². The molecule has 3 aliphatic heterocycles. The smallest absolute Gasteiger partial charge is 0.252 e. The molecule has 7 rings (SSSR count). The normalized spacial score (nSPS) is 19.1. The third-order valence-corrected chi connectivity index (χ3v) is 13.1. The van der Waals surface area contributed by atoms with E-state index in [4.69, 9.17) is 16.6 Å². The van der Waals surface area contributed by atoms with Gasteiger partial charge in [0.2, 0.25) is 23.6 Å². The Morgan fingerprint density at radius 3 is 2.37 bits per heavy atom. The van der Waals surface area contributed by atoms with Gasteiger partial charge < -0.3 is 10.6 Å². The molecule has 1 aromatic carbocycles. The number of thiophene rings is 1. The largest absolute Gasteiger partial charge is 0.356 e. The van der Waals surface area contributed by atoms with E-state index in [1.807, 2.05) is 35.8 Å². The highest BCUT2D eigenvalue weighted by atomic mass is 35.5. The molecule has 5 amide bonds. The fourth-order valence-corrected chi connectivity index (χ4v) is 9.49. The Bertz CT molecular complexity index is 2270. The number of rotatable bonds is 14. The number of unbranched alkanes of at least 4 members (excludes halogenated alkanes) is 5. The molecule has 1 spiro atoms. The average molecular weight is 840 g/mol. The molecule has 0 bridgehead atoms. The Morgan fingerprint density at radius 1 is 0.932 bits per heavy atom. The first-order valence-electron chi connectivity index (χ1n) is 20.5. The van der Waals surface area contributed by atoms with Crippen LogP contribution in [0.15, 0.2) is 47.6 Å². The third kappa shape index (κ3) is 9.31. The zero-order valence-corrected chi connectivity index (χ0v) is 35.3. The maximum Gasteiger partial charge on any atom is 0.252 e. The minimum absolute atomic E-state index is 0.0274. The van der Waals surface area contributed by atoms with E-state index in [0.717, 1.165) is 71.8 Å². The van der Waals surface area contributed by atoms with Crippen molar-refractivity contribution in [2.24, 2.45) is 10.4 Å². The van der Waals surface area contributed by atoms with Crippen LogP contribution in [-0.2, 0) is 19.2 Å². The Kier molecular flexibility index (Phi) is 13.0. The van der Waals surface area contributed by atoms with Crippen LogP contribution in [0.2, 0.25) is 5.02 Å². The second-order valence-corrected chi connectivity index (χ2v) is 17.4. The van der Waals surface area contributed by atoms with Gasteiger partial charge >= 0.3 is 0 Å². The van der Waals surface area contributed by atoms with Gasteiger partial charge in [0.1, 0.15) is 22.7 Å². The van der Waals surface area contributed by atoms with E-state index in [1.54, 1.807) is 28.4 Å². The van der Waals surface area contributed by atoms with Gasteiger partial charge in [-0.25, -0.2) is 4.98 Å². The number of carbonyl (C=O) groups is 5. The second kappa shape index (κ2) is 18.3. The topological polar surface area (TPSA) is 181 Å². The number of fused-ring (bicyclic) bond motifs is 3. The third-order valence-electron chi connectivity index (χ3n) is 11.6. The fraction of sp³-hybridized carbons (Fsp3) is 0.465. The van der Waals surface area contributed by atoms with Crippen molar-refractivity contribution in [3.8, 4) is 5.00 Å². The first-order chi connectivity index (χ1) is 28.4. The summed E-state index contributed by atoms with van der Waals surface area (Å²) in [7, 11) is 0. The molecule has 310 valence electrons. The van der Waals surface area contributed by atoms with Gasteiger partial charge in [0.15, 0.2) is 5.82 Å². The van der Waals surface area contributed by atoms with Gasteiger partial charge in [-0.2, -0.15) is 0 Å². The molecule has 6 heterocycles. The summed E-state index contributed by atoms with van der Waals surface area (Å²) in [6.45, 7) is 7.56. The van der Waals surface area contributed by atoms with Gasteiger partial charge in [-0.3, -0.25) is 43.7 Å². The molecule has 4 aromatic rings. The standard InChI is InChI=1S/C43H50ClN9O5S/c1-26-27(2)59-41-37(26)38(29-12-15-31(44)16-13-29)48-32(39-51-50-28(3)53(39)41)23-35(55)45-20-8-6-4-5-7-9-21-46-40(57)30-14-17-33(47-25-30)52-22-19-43(24-36(52)56)18-10-11-34(54)49-42(43)58/h12-17,25,32H,4-11,18-24H2,1-3H3,(H,45,55)(H,46,57)(H,49,54,58)/t32-,43?/m0/s1. The van der Waals surface area contributed by atoms with Gasteiger partial charge in [-0.15, -0.1) is 21.5 Å². The van der Waals surface area contributed by atoms with Crippen molar-refractivity contribution in [3.63, 3.8) is 0 Å². The molecular formula is C43H50ClN9O5S. The number of piperidine rings is 1. The molecule has 1 unspecified atom stereocenters. The van der Waals surface area contributed by atoms with Crippen LogP contribution >= 0.6 is 22.9 Å². The predicted molar refractivity (Wildman–Crippen MR) is 226 cm³/mol. The first-order valence-corrected chi connectivity index (χ1v) is 21.7. The number of aromatic nitrogens is 4. The number of anilines is 1. The number of pyridine rings is 1. The van der Waals surface area contributed by atoms with Gasteiger partial charge in [-0.05, 0) is 82.7 Å². The van der Waals surface area contributed by atoms with Crippen LogP contribution in [0.1, 0.15) is 127 Å². The summed E-state index contributed by atoms with van der Waals surface area (Å²) in [5.41, 5.74) is 3.48. The number of carbonyl (C=O) groups excluding carboxylic acids is 5. The highest BCUT2D eigenvalue weighted by Gasteiger charge is 2.46. The summed E-state index contributed by atoms with van der Waals surface area (Å²) < 4.78 is 2.05. The number of benzene rings is 1. The van der Waals surface area contributed by atoms with E-state index in [2.05, 4.69) is 45.0 Å². The van der Waals surface area contributed by atoms with Gasteiger partial charge in [0, 0.05) is 59.7 Å². The average Bonchev–Trinajstić information content (AvgIpc) is 3.65. The lowest BCUT2D eigenvalue weighted by Gasteiger charge is -2.38. The molecule has 14 nitrogen and oxygen atoms in total. The van der Waals surface area contributed by atoms with Crippen molar-refractivity contribution in [2.75, 3.05) is 24.5 Å². The maximum absolute atomic E-state index is 13.3. The van der Waals surface area contributed by atoms with Crippen molar-refractivity contribution >= 4 is 64.0 Å². The van der Waals surface area contributed by atoms with E-state index >= 15 is 0 Å². The summed E-state index contributed by atoms with van der Waals surface area (Å²) in [6.07, 6.45) is 9.16. The van der Waals surface area contributed by atoms with Crippen molar-refractivity contribution in [1.29, 1.82) is 0 Å². The molecule has 2 fully saturated rings. The van der Waals surface area contributed by atoms with Gasteiger partial charge in [0.05, 0.1) is 23.1 Å². The van der Waals surface area contributed by atoms with Crippen LogP contribution in [0.5, 0.6) is 0 Å². The Hall–Kier alpha value is -5.28. The number of imide groups is 1. The molecule has 0 radical (unpaired) electrons. The lowest BCUT2D eigenvalue weighted by Crippen LogP contribution is -2.51. The van der Waals surface area contributed by atoms with E-state index in [1.165, 1.54) is 11.1 Å². The lowest BCUT2D eigenvalue weighted by molar-refractivity contribution is -0.140. The SMILES string of the molecule is Cc1sc2c(c1C)C(c1ccc(Cl)cc1)=N[C@@H](CC(=O)NCCCCCCCCNC(=O)c1ccc(N3CCC4(CCCC(=O)NC4=O)CC3=O)nc1)c1nnc(C)n1-2. The van der Waals surface area contributed by atoms with Crippen molar-refractivity contribution in [2.45, 2.75) is 104 Å². The van der Waals surface area contributed by atoms with E-state index in [0.29, 0.717) is 61.1 Å². The zero-order chi connectivity index (χ0) is 41.7. The Morgan fingerprint density at radius 2 is 1.66 bits per heavy atom. The quantitative estimate of drug-likeness (QED) is 0.0963. The Balaban J connectivity index is 0.808. The van der Waals surface area contributed by atoms with E-state index in [-0.39, 0.29) is 48.8 Å². The van der Waals surface area contributed by atoms with Crippen LogP contribution in [0.3, 0.4) is 0 Å². The number of aliphatic imine (C=N–C) groups is 1. The molecule has 16 heteroatoms. The summed E-state index contributed by atoms with van der Waals surface area (Å²) >= 11 is 7.91. The lowest BCUT2D eigenvalue weighted by atomic mass is 9.74. The number of aryl methyl sites for hydroxylation is 2. The number of nitrogens with zero attached hydrogens (tertiary/aromatic N) is 6. The molecular weight excluding hydrogens is 790 g/mol. The zero-order valence-electron chi connectivity index (χ0n) is 33.7. The molecule has 0 aliphatic carbocycles. The van der Waals surface area contributed by atoms with Crippen molar-refractivity contribution < 1.29 is 24.0 Å². The van der Waals surface area contributed by atoms with E-state index < -0.39 is 11.5 Å². The van der Waals surface area contributed by atoms with Crippen LogP contribution < -0.4 is 20.9 Å². The van der Waals surface area contributed by atoms with Crippen LogP contribution in [0, 0.1) is 26.2 Å². The minimum atomic E-state index is -0.854. The number of nitrogens with one attached hydrogen (secondary N) is 3. The number of halogens is 1. The molecule has 59 heavy (non-hydrogen) atoms. The van der Waals surface area contributed by atoms with Crippen LogP contribution in [-0.4, -0.2) is 74.6 Å². The molecule has 3 aromatic heterocycles. The minimum Gasteiger partial charge on any atom is -0.356 e. The molecule has 3 aliphatic rings. The second-order valence-electron chi connectivity index (χ2n) is 15.7. The monoisotopic (exact) mass is 839 g/mol. The number of hydrogen-bond acceptors (Lipinski definition) is 10. The number of amides is 5. The summed E-state index contributed by atoms with van der Waals surface area (Å²) in [6, 6.07) is 10.4. The molecule has 3 N–H and O–H groups in total. The van der Waals surface area contributed by atoms with Crippen LogP contribution in [0.4, 0.5) is 5.82 Å². The first kappa shape index (κ1) is 41.9. The molecule has 0 saturated carbocycles. The predicted octanol–water partition coefficient (Wildman–Crippen LogP) is 6.41. The summed E-state index contributed by atoms with van der Waals surface area (Å²) in [5, 5.41) is 19.0. The van der Waals surface area contributed by atoms with Crippen molar-refractivity contribution in [3.05, 3.63) is 86.4 Å². The highest BCUT2D eigenvalue weighted by molar-refractivity contribution is 7.15. The number of hydrogen-bond donors (Lipinski definition) is 3. The molecule has 2 saturated heterocycles. The maximum atomic E-state index is 13.3. The molecule has 2 atom stereocenters. The summed E-state index contributed by atoms with van der Waals surface area (Å²) in [5.74, 6) is 0.668. The highest BCUT2D eigenvalue weighted by Crippen LogP contribution is 2.41. The van der Waals surface area contributed by atoms with Crippen molar-refractivity contribution in [1.82, 2.24) is 35.7 Å². The fourth-order valence-electron chi connectivity index (χ4n) is 8.15. The summed E-state index contributed by atoms with van der Waals surface area (Å²) in [4.78, 5) is 75.9. The van der Waals surface area contributed by atoms with Gasteiger partial charge in [0.25, 0.3) is 5.91 Å². The Labute approximate surface area is 352 Å². The van der Waals surface area contributed by atoms with Crippen LogP contribution in [0.25, 0.3) is 5.00 Å². The van der Waals surface area contributed by atoms with Gasteiger partial charge in [-0.1, -0.05) is 49.4 Å².